The number of hydrogen-bond acceptors (Lipinski definition) is 2. The Kier molecular flexibility index (Phi) is 4.37. The van der Waals surface area contributed by atoms with Crippen LogP contribution in [0.2, 0.25) is 0 Å². The van der Waals surface area contributed by atoms with Crippen molar-refractivity contribution >= 4 is 11.8 Å². The maximum Gasteiger partial charge on any atom is 0.200 e. The highest BCUT2D eigenvalue weighted by molar-refractivity contribution is 8.00. The van der Waals surface area contributed by atoms with Crippen molar-refractivity contribution < 1.29 is 27.1 Å². The van der Waals surface area contributed by atoms with Crippen molar-refractivity contribution in [3.05, 3.63) is 29.1 Å². The molecular weight excluding hydrogens is 263 g/mol. The number of hydrogen-bond donors (Lipinski definition) is 1. The van der Waals surface area contributed by atoms with E-state index in [4.69, 9.17) is 5.11 Å². The summed E-state index contributed by atoms with van der Waals surface area (Å²) in [6.45, 7) is 2.76. The molecule has 0 spiro atoms. The van der Waals surface area contributed by atoms with Crippen LogP contribution < -0.4 is 0 Å². The molecule has 0 aromatic heterocycles. The molecule has 0 aliphatic carbocycles. The predicted octanol–water partition coefficient (Wildman–Crippen LogP) is 3.24. The zero-order valence-corrected chi connectivity index (χ0v) is 9.72. The van der Waals surface area contributed by atoms with Gasteiger partial charge in [-0.1, -0.05) is 6.92 Å². The molecule has 0 heterocycles. The third-order valence-corrected chi connectivity index (χ3v) is 3.51. The van der Waals surface area contributed by atoms with Crippen molar-refractivity contribution in [1.82, 2.24) is 0 Å². The van der Waals surface area contributed by atoms with E-state index in [2.05, 4.69) is 0 Å². The van der Waals surface area contributed by atoms with E-state index in [0.29, 0.717) is 11.8 Å². The van der Waals surface area contributed by atoms with Crippen molar-refractivity contribution in [3.63, 3.8) is 0 Å². The second kappa shape index (κ2) is 5.22. The zero-order chi connectivity index (χ0) is 13.3. The van der Waals surface area contributed by atoms with Crippen LogP contribution >= 0.6 is 11.8 Å². The minimum absolute atomic E-state index is 0.395. The van der Waals surface area contributed by atoms with E-state index in [1.807, 2.05) is 0 Å². The standard InChI is InChI=1S/C10H9F5OS/c1-3(16)4(2)17-10-8(14)6(12)5(11)7(13)9(10)15/h3-4,16H,1-2H3. The minimum atomic E-state index is -2.19. The topological polar surface area (TPSA) is 20.2 Å². The monoisotopic (exact) mass is 272 g/mol. The van der Waals surface area contributed by atoms with E-state index in [1.165, 1.54) is 13.8 Å². The SMILES string of the molecule is CC(O)C(C)Sc1c(F)c(F)c(F)c(F)c1F. The molecule has 0 fully saturated rings. The molecular formula is C10H9F5OS. The Labute approximate surface area is 98.6 Å². The third-order valence-electron chi connectivity index (χ3n) is 2.15. The molecule has 0 aliphatic heterocycles. The number of aliphatic hydroxyl groups excluding tert-OH is 1. The molecule has 1 N–H and O–H groups in total. The Morgan fingerprint density at radius 2 is 1.18 bits per heavy atom. The molecule has 1 nitrogen and oxygen atoms in total. The first-order valence-corrected chi connectivity index (χ1v) is 5.51. The molecule has 0 radical (unpaired) electrons. The normalized spacial score (nSPS) is 14.8. The van der Waals surface area contributed by atoms with Gasteiger partial charge < -0.3 is 5.11 Å². The molecule has 1 aromatic rings. The van der Waals surface area contributed by atoms with E-state index >= 15 is 0 Å². The summed E-state index contributed by atoms with van der Waals surface area (Å²) >= 11 is 0.395. The summed E-state index contributed by atoms with van der Waals surface area (Å²) in [7, 11) is 0. The van der Waals surface area contributed by atoms with E-state index < -0.39 is 45.3 Å². The van der Waals surface area contributed by atoms with Crippen LogP contribution in [0.25, 0.3) is 0 Å². The molecule has 17 heavy (non-hydrogen) atoms. The molecule has 1 rings (SSSR count). The molecule has 0 saturated heterocycles. The van der Waals surface area contributed by atoms with Crippen LogP contribution in [0.15, 0.2) is 4.90 Å². The van der Waals surface area contributed by atoms with Crippen molar-refractivity contribution in [1.29, 1.82) is 0 Å². The van der Waals surface area contributed by atoms with E-state index in [9.17, 15) is 22.0 Å². The van der Waals surface area contributed by atoms with E-state index in [-0.39, 0.29) is 0 Å². The quantitative estimate of drug-likeness (QED) is 0.394. The molecule has 96 valence electrons. The van der Waals surface area contributed by atoms with Gasteiger partial charge in [-0.2, -0.15) is 0 Å². The van der Waals surface area contributed by atoms with Gasteiger partial charge >= 0.3 is 0 Å². The summed E-state index contributed by atoms with van der Waals surface area (Å²) in [6.07, 6.45) is -0.949. The van der Waals surface area contributed by atoms with Crippen LogP contribution in [0, 0.1) is 29.1 Å². The van der Waals surface area contributed by atoms with Gasteiger partial charge in [0, 0.05) is 5.25 Å². The molecule has 0 amide bonds. The summed E-state index contributed by atoms with van der Waals surface area (Å²) in [6, 6.07) is 0. The Balaban J connectivity index is 3.25. The highest BCUT2D eigenvalue weighted by Gasteiger charge is 2.27. The average molecular weight is 272 g/mol. The minimum Gasteiger partial charge on any atom is -0.392 e. The van der Waals surface area contributed by atoms with Crippen LogP contribution in [0.1, 0.15) is 13.8 Å². The second-order valence-electron chi connectivity index (χ2n) is 3.46. The molecule has 1 aromatic carbocycles. The van der Waals surface area contributed by atoms with E-state index in [1.54, 1.807) is 0 Å². The fourth-order valence-corrected chi connectivity index (χ4v) is 1.93. The fraction of sp³-hybridized carbons (Fsp3) is 0.400. The highest BCUT2D eigenvalue weighted by atomic mass is 32.2. The van der Waals surface area contributed by atoms with Gasteiger partial charge in [0.1, 0.15) is 0 Å². The van der Waals surface area contributed by atoms with Gasteiger partial charge in [-0.05, 0) is 6.92 Å². The average Bonchev–Trinajstić information content (AvgIpc) is 2.29. The van der Waals surface area contributed by atoms with Crippen LogP contribution in [-0.2, 0) is 0 Å². The summed E-state index contributed by atoms with van der Waals surface area (Å²) in [4.78, 5) is -0.977. The largest absolute Gasteiger partial charge is 0.392 e. The summed E-state index contributed by atoms with van der Waals surface area (Å²) in [5.41, 5.74) is 0. The number of rotatable bonds is 3. The van der Waals surface area contributed by atoms with Gasteiger partial charge in [-0.15, -0.1) is 11.8 Å². The van der Waals surface area contributed by atoms with Crippen molar-refractivity contribution in [2.45, 2.75) is 30.1 Å². The van der Waals surface area contributed by atoms with Crippen LogP contribution in [-0.4, -0.2) is 16.5 Å². The Hall–Kier alpha value is -0.820. The smallest absolute Gasteiger partial charge is 0.200 e. The maximum atomic E-state index is 13.2. The van der Waals surface area contributed by atoms with Gasteiger partial charge in [0.15, 0.2) is 23.3 Å². The second-order valence-corrected chi connectivity index (χ2v) is 4.85. The van der Waals surface area contributed by atoms with Gasteiger partial charge in [-0.25, -0.2) is 22.0 Å². The first kappa shape index (κ1) is 14.2. The molecule has 2 unspecified atom stereocenters. The van der Waals surface area contributed by atoms with Gasteiger partial charge in [0.25, 0.3) is 0 Å². The van der Waals surface area contributed by atoms with Crippen molar-refractivity contribution in [2.75, 3.05) is 0 Å². The van der Waals surface area contributed by atoms with Gasteiger partial charge in [-0.3, -0.25) is 0 Å². The summed E-state index contributed by atoms with van der Waals surface area (Å²) in [5, 5.41) is 8.42. The lowest BCUT2D eigenvalue weighted by atomic mass is 10.3. The molecule has 2 atom stereocenters. The molecule has 0 saturated carbocycles. The molecule has 0 bridgehead atoms. The number of aliphatic hydroxyl groups is 1. The lowest BCUT2D eigenvalue weighted by Crippen LogP contribution is -2.16. The van der Waals surface area contributed by atoms with Crippen molar-refractivity contribution in [3.8, 4) is 0 Å². The summed E-state index contributed by atoms with van der Waals surface area (Å²) in [5.74, 6) is -9.90. The maximum absolute atomic E-state index is 13.2. The third kappa shape index (κ3) is 2.71. The fourth-order valence-electron chi connectivity index (χ4n) is 0.973. The van der Waals surface area contributed by atoms with Crippen LogP contribution in [0.4, 0.5) is 22.0 Å². The Morgan fingerprint density at radius 3 is 1.53 bits per heavy atom. The van der Waals surface area contributed by atoms with Gasteiger partial charge in [0.2, 0.25) is 5.82 Å². The summed E-state index contributed by atoms with van der Waals surface area (Å²) < 4.78 is 64.7. The number of benzene rings is 1. The number of thioether (sulfide) groups is 1. The zero-order valence-electron chi connectivity index (χ0n) is 8.90. The van der Waals surface area contributed by atoms with Gasteiger partial charge in [0.05, 0.1) is 11.0 Å². The first-order chi connectivity index (χ1) is 7.77. The number of halogens is 5. The van der Waals surface area contributed by atoms with E-state index in [0.717, 1.165) is 0 Å². The lowest BCUT2D eigenvalue weighted by Gasteiger charge is -2.15. The van der Waals surface area contributed by atoms with Crippen LogP contribution in [0.3, 0.4) is 0 Å². The molecule has 7 heteroatoms. The Bertz CT molecular complexity index is 406. The highest BCUT2D eigenvalue weighted by Crippen LogP contribution is 2.34. The van der Waals surface area contributed by atoms with Crippen molar-refractivity contribution in [2.24, 2.45) is 0 Å². The predicted molar refractivity (Wildman–Crippen MR) is 53.2 cm³/mol. The van der Waals surface area contributed by atoms with Crippen LogP contribution in [0.5, 0.6) is 0 Å². The Morgan fingerprint density at radius 1 is 0.824 bits per heavy atom. The first-order valence-electron chi connectivity index (χ1n) is 4.63. The molecule has 0 aliphatic rings. The lowest BCUT2D eigenvalue weighted by molar-refractivity contribution is 0.196.